The molecule has 0 radical (unpaired) electrons. The molecule has 0 fully saturated rings. The molecular formula is C10H11N7O2. The van der Waals surface area contributed by atoms with Gasteiger partial charge in [-0.1, -0.05) is 17.2 Å². The van der Waals surface area contributed by atoms with Crippen LogP contribution in [0.2, 0.25) is 0 Å². The third-order valence-corrected chi connectivity index (χ3v) is 2.13. The number of hydrazone groups is 1. The number of nitrogens with two attached hydrogens (primary N) is 1. The van der Waals surface area contributed by atoms with Gasteiger partial charge in [-0.3, -0.25) is 4.79 Å². The largest absolute Gasteiger partial charge is 0.508 e. The Labute approximate surface area is 107 Å². The lowest BCUT2D eigenvalue weighted by Crippen LogP contribution is -2.24. The maximum atomic E-state index is 11.5. The molecule has 19 heavy (non-hydrogen) atoms. The zero-order chi connectivity index (χ0) is 13.7. The maximum Gasteiger partial charge on any atom is 0.261 e. The van der Waals surface area contributed by atoms with Crippen LogP contribution in [0.25, 0.3) is 0 Å². The summed E-state index contributed by atoms with van der Waals surface area (Å²) in [5, 5.41) is 23.2. The SMILES string of the molecule is Nc1nnnn1CC(=O)NN=Cc1cccc(O)c1. The first kappa shape index (κ1) is 12.5. The molecule has 9 nitrogen and oxygen atoms in total. The lowest BCUT2D eigenvalue weighted by atomic mass is 10.2. The average Bonchev–Trinajstić information content (AvgIpc) is 2.75. The maximum absolute atomic E-state index is 11.5. The normalized spacial score (nSPS) is 10.7. The van der Waals surface area contributed by atoms with E-state index in [1.165, 1.54) is 18.3 Å². The Morgan fingerprint density at radius 3 is 3.11 bits per heavy atom. The quantitative estimate of drug-likeness (QED) is 0.483. The number of tetrazole rings is 1. The van der Waals surface area contributed by atoms with Crippen molar-refractivity contribution in [2.75, 3.05) is 5.73 Å². The smallest absolute Gasteiger partial charge is 0.261 e. The summed E-state index contributed by atoms with van der Waals surface area (Å²) in [6.07, 6.45) is 1.40. The lowest BCUT2D eigenvalue weighted by Gasteiger charge is -2.00. The van der Waals surface area contributed by atoms with E-state index < -0.39 is 5.91 Å². The van der Waals surface area contributed by atoms with Gasteiger partial charge in [0.05, 0.1) is 6.21 Å². The summed E-state index contributed by atoms with van der Waals surface area (Å²) in [7, 11) is 0. The van der Waals surface area contributed by atoms with Gasteiger partial charge in [-0.25, -0.2) is 10.1 Å². The van der Waals surface area contributed by atoms with Gasteiger partial charge in [-0.2, -0.15) is 5.10 Å². The third kappa shape index (κ3) is 3.49. The highest BCUT2D eigenvalue weighted by Gasteiger charge is 2.06. The second-order valence-corrected chi connectivity index (χ2v) is 3.58. The summed E-state index contributed by atoms with van der Waals surface area (Å²) < 4.78 is 1.14. The van der Waals surface area contributed by atoms with Crippen LogP contribution in [0, 0.1) is 0 Å². The Kier molecular flexibility index (Phi) is 3.67. The van der Waals surface area contributed by atoms with Crippen molar-refractivity contribution < 1.29 is 9.90 Å². The van der Waals surface area contributed by atoms with E-state index in [0.717, 1.165) is 4.68 Å². The first-order chi connectivity index (χ1) is 9.15. The van der Waals surface area contributed by atoms with E-state index in [9.17, 15) is 9.90 Å². The summed E-state index contributed by atoms with van der Waals surface area (Å²) in [5.41, 5.74) is 8.35. The minimum Gasteiger partial charge on any atom is -0.508 e. The fourth-order valence-corrected chi connectivity index (χ4v) is 1.28. The van der Waals surface area contributed by atoms with Gasteiger partial charge >= 0.3 is 0 Å². The van der Waals surface area contributed by atoms with Gasteiger partial charge in [0.2, 0.25) is 5.95 Å². The van der Waals surface area contributed by atoms with Crippen LogP contribution in [0.5, 0.6) is 5.75 Å². The van der Waals surface area contributed by atoms with Crippen molar-refractivity contribution in [3.05, 3.63) is 29.8 Å². The van der Waals surface area contributed by atoms with E-state index >= 15 is 0 Å². The molecule has 0 saturated heterocycles. The van der Waals surface area contributed by atoms with Crippen LogP contribution < -0.4 is 11.2 Å². The van der Waals surface area contributed by atoms with Crippen LogP contribution in [-0.4, -0.2) is 37.4 Å². The van der Waals surface area contributed by atoms with E-state index in [2.05, 4.69) is 26.1 Å². The second-order valence-electron chi connectivity index (χ2n) is 3.58. The number of phenols is 1. The van der Waals surface area contributed by atoms with E-state index in [1.54, 1.807) is 12.1 Å². The molecule has 1 aromatic heterocycles. The number of amides is 1. The van der Waals surface area contributed by atoms with E-state index in [0.29, 0.717) is 5.56 Å². The molecular weight excluding hydrogens is 250 g/mol. The van der Waals surface area contributed by atoms with Crippen LogP contribution in [0.1, 0.15) is 5.56 Å². The number of aromatic nitrogens is 4. The first-order valence-corrected chi connectivity index (χ1v) is 5.28. The van der Waals surface area contributed by atoms with Crippen molar-refractivity contribution in [1.82, 2.24) is 25.6 Å². The van der Waals surface area contributed by atoms with E-state index in [-0.39, 0.29) is 18.2 Å². The summed E-state index contributed by atoms with van der Waals surface area (Å²) in [6, 6.07) is 6.44. The molecule has 0 bridgehead atoms. The van der Waals surface area contributed by atoms with Crippen molar-refractivity contribution in [2.45, 2.75) is 6.54 Å². The molecule has 0 saturated carbocycles. The Balaban J connectivity index is 1.88. The summed E-state index contributed by atoms with van der Waals surface area (Å²) in [6.45, 7) is -0.129. The highest BCUT2D eigenvalue weighted by atomic mass is 16.3. The van der Waals surface area contributed by atoms with Gasteiger partial charge in [0.25, 0.3) is 5.91 Å². The number of carbonyl (C=O) groups excluding carboxylic acids is 1. The van der Waals surface area contributed by atoms with Crippen LogP contribution >= 0.6 is 0 Å². The van der Waals surface area contributed by atoms with Crippen molar-refractivity contribution >= 4 is 18.1 Å². The molecule has 2 rings (SSSR count). The van der Waals surface area contributed by atoms with E-state index in [1.807, 2.05) is 0 Å². The number of aromatic hydroxyl groups is 1. The number of rotatable bonds is 4. The van der Waals surface area contributed by atoms with Crippen molar-refractivity contribution in [1.29, 1.82) is 0 Å². The molecule has 0 aliphatic carbocycles. The van der Waals surface area contributed by atoms with Gasteiger partial charge < -0.3 is 10.8 Å². The van der Waals surface area contributed by atoms with Gasteiger partial charge in [-0.15, -0.1) is 0 Å². The molecule has 0 aliphatic rings. The highest BCUT2D eigenvalue weighted by Crippen LogP contribution is 2.08. The predicted molar refractivity (Wildman–Crippen MR) is 66.1 cm³/mol. The molecule has 0 atom stereocenters. The fraction of sp³-hybridized carbons (Fsp3) is 0.100. The topological polar surface area (TPSA) is 131 Å². The predicted octanol–water partition coefficient (Wildman–Crippen LogP) is -0.889. The number of phenolic OH excluding ortho intramolecular Hbond substituents is 1. The standard InChI is InChI=1S/C10H11N7O2/c11-10-14-15-16-17(10)6-9(19)13-12-5-7-2-1-3-8(18)4-7/h1-5,18H,6H2,(H,13,19)(H2,11,14,16). The Morgan fingerprint density at radius 2 is 2.42 bits per heavy atom. The monoisotopic (exact) mass is 261 g/mol. The number of anilines is 1. The number of nitrogens with one attached hydrogen (secondary N) is 1. The van der Waals surface area contributed by atoms with Gasteiger partial charge in [0.1, 0.15) is 12.3 Å². The summed E-state index contributed by atoms with van der Waals surface area (Å²) in [4.78, 5) is 11.5. The molecule has 0 unspecified atom stereocenters. The van der Waals surface area contributed by atoms with E-state index in [4.69, 9.17) is 5.73 Å². The first-order valence-electron chi connectivity index (χ1n) is 5.28. The number of hydrogen-bond donors (Lipinski definition) is 3. The number of benzene rings is 1. The van der Waals surface area contributed by atoms with Gasteiger partial charge in [-0.05, 0) is 28.1 Å². The van der Waals surface area contributed by atoms with Crippen molar-refractivity contribution in [2.24, 2.45) is 5.10 Å². The highest BCUT2D eigenvalue weighted by molar-refractivity contribution is 5.82. The van der Waals surface area contributed by atoms with Gasteiger partial charge in [0.15, 0.2) is 0 Å². The fourth-order valence-electron chi connectivity index (χ4n) is 1.28. The number of hydrogen-bond acceptors (Lipinski definition) is 7. The zero-order valence-corrected chi connectivity index (χ0v) is 9.76. The summed E-state index contributed by atoms with van der Waals surface area (Å²) >= 11 is 0. The number of nitrogen functional groups attached to an aromatic ring is 1. The second kappa shape index (κ2) is 5.58. The van der Waals surface area contributed by atoms with Crippen LogP contribution in [0.15, 0.2) is 29.4 Å². The Bertz CT molecular complexity index is 607. The molecule has 0 aliphatic heterocycles. The van der Waals surface area contributed by atoms with Gasteiger partial charge in [0, 0.05) is 0 Å². The molecule has 1 amide bonds. The van der Waals surface area contributed by atoms with Crippen molar-refractivity contribution in [3.8, 4) is 5.75 Å². The molecule has 1 heterocycles. The molecule has 0 spiro atoms. The minimum absolute atomic E-state index is 0.0483. The average molecular weight is 261 g/mol. The van der Waals surface area contributed by atoms with Crippen LogP contribution in [-0.2, 0) is 11.3 Å². The van der Waals surface area contributed by atoms with Crippen LogP contribution in [0.3, 0.4) is 0 Å². The molecule has 1 aromatic carbocycles. The number of nitrogens with zero attached hydrogens (tertiary/aromatic N) is 5. The van der Waals surface area contributed by atoms with Crippen molar-refractivity contribution in [3.63, 3.8) is 0 Å². The molecule has 98 valence electrons. The molecule has 2 aromatic rings. The lowest BCUT2D eigenvalue weighted by molar-refractivity contribution is -0.121. The Hall–Kier alpha value is -2.97. The minimum atomic E-state index is -0.421. The number of carbonyl (C=O) groups is 1. The van der Waals surface area contributed by atoms with Crippen LogP contribution in [0.4, 0.5) is 5.95 Å². The third-order valence-electron chi connectivity index (χ3n) is 2.13. The molecule has 4 N–H and O–H groups in total. The summed E-state index contributed by atoms with van der Waals surface area (Å²) in [5.74, 6) is -0.251. The molecule has 9 heteroatoms. The zero-order valence-electron chi connectivity index (χ0n) is 9.76. The Morgan fingerprint density at radius 1 is 1.58 bits per heavy atom.